The Morgan fingerprint density at radius 3 is 1.35 bits per heavy atom. The Bertz CT molecular complexity index is 1440. The van der Waals surface area contributed by atoms with Gasteiger partial charge in [-0.1, -0.05) is 0 Å². The molecule has 5 aliphatic rings. The summed E-state index contributed by atoms with van der Waals surface area (Å²) in [6.07, 6.45) is -42.3. The molecular formula is C34H58N2O26. The number of aliphatic hydroxyl groups is 15. The molecule has 28 nitrogen and oxygen atoms in total. The fraction of sp³-hybridized carbons (Fsp3) is 0.941. The van der Waals surface area contributed by atoms with Crippen LogP contribution in [-0.4, -0.2) is 275 Å². The van der Waals surface area contributed by atoms with Crippen molar-refractivity contribution < 1.29 is 129 Å². The SMILES string of the molecule is CC(=O)N[C@H]1[C@H](O[C@H]2[C@H](O)[C@@H](NC(C)=O)C(O)O[C@@H]2CO)O[C@H](CO)[C@@H](O[C@@H]2O[C@H](CO[C@H]3O[C@H](CO)[C@@H](O)[C@H](O)[C@@H]3O)[C@@H](O)[C@H](O[C@H]3O[C@H](CO)[C@@H](O)[C@H](O)[C@@H]3O)[C@H]2O)[C@@H]1O. The van der Waals surface area contributed by atoms with E-state index in [0.717, 1.165) is 13.8 Å². The third-order valence-corrected chi connectivity index (χ3v) is 11.1. The predicted molar refractivity (Wildman–Crippen MR) is 190 cm³/mol. The molecule has 0 aliphatic carbocycles. The van der Waals surface area contributed by atoms with E-state index in [9.17, 15) is 86.2 Å². The Balaban J connectivity index is 1.41. The molecule has 5 saturated heterocycles. The average Bonchev–Trinajstić information content (AvgIpc) is 3.23. The highest BCUT2D eigenvalue weighted by molar-refractivity contribution is 5.73. The lowest BCUT2D eigenvalue weighted by atomic mass is 9.94. The van der Waals surface area contributed by atoms with Crippen LogP contribution in [0.15, 0.2) is 0 Å². The van der Waals surface area contributed by atoms with Gasteiger partial charge in [-0.25, -0.2) is 0 Å². The van der Waals surface area contributed by atoms with Crippen LogP contribution in [0.1, 0.15) is 13.8 Å². The molecule has 1 unspecified atom stereocenters. The number of hydrogen-bond acceptors (Lipinski definition) is 26. The molecule has 5 aliphatic heterocycles. The molecular weight excluding hydrogens is 852 g/mol. The number of carbonyl (C=O) groups is 2. The number of aliphatic hydroxyl groups excluding tert-OH is 15. The van der Waals surface area contributed by atoms with Crippen LogP contribution in [0.3, 0.4) is 0 Å². The van der Waals surface area contributed by atoms with Crippen LogP contribution in [-0.2, 0) is 52.2 Å². The normalized spacial score (nSPS) is 49.0. The molecule has 0 spiro atoms. The molecule has 0 aromatic rings. The predicted octanol–water partition coefficient (Wildman–Crippen LogP) is -11.6. The number of hydrogen-bond donors (Lipinski definition) is 17. The summed E-state index contributed by atoms with van der Waals surface area (Å²) in [4.78, 5) is 24.2. The van der Waals surface area contributed by atoms with Gasteiger partial charge in [0, 0.05) is 13.8 Å². The van der Waals surface area contributed by atoms with Gasteiger partial charge >= 0.3 is 0 Å². The van der Waals surface area contributed by atoms with E-state index in [-0.39, 0.29) is 0 Å². The third-order valence-electron chi connectivity index (χ3n) is 11.1. The number of rotatable bonds is 15. The van der Waals surface area contributed by atoms with Crippen molar-refractivity contribution >= 4 is 11.8 Å². The lowest BCUT2D eigenvalue weighted by Crippen LogP contribution is -2.70. The number of ether oxygens (including phenoxy) is 9. The van der Waals surface area contributed by atoms with E-state index >= 15 is 0 Å². The van der Waals surface area contributed by atoms with Gasteiger partial charge in [0.05, 0.1) is 33.0 Å². The van der Waals surface area contributed by atoms with Gasteiger partial charge in [-0.05, 0) is 0 Å². The van der Waals surface area contributed by atoms with E-state index in [2.05, 4.69) is 10.6 Å². The van der Waals surface area contributed by atoms with Gasteiger partial charge in [0.2, 0.25) is 11.8 Å². The van der Waals surface area contributed by atoms with Crippen molar-refractivity contribution in [2.75, 3.05) is 33.0 Å². The molecule has 0 aromatic carbocycles. The summed E-state index contributed by atoms with van der Waals surface area (Å²) >= 11 is 0. The second-order valence-electron chi connectivity index (χ2n) is 15.5. The third kappa shape index (κ3) is 11.0. The van der Waals surface area contributed by atoms with Crippen LogP contribution in [0.5, 0.6) is 0 Å². The Morgan fingerprint density at radius 2 is 0.823 bits per heavy atom. The van der Waals surface area contributed by atoms with Gasteiger partial charge in [-0.3, -0.25) is 9.59 Å². The van der Waals surface area contributed by atoms with E-state index in [0.29, 0.717) is 0 Å². The standard InChI is InChI=1S/C34H58N2O26/c1-8(41)35-15-20(46)27(12(5-39)55-30(15)53)60-31-16(36-9(2)42)21(47)28(13(6-40)58-31)61-34-26(52)29(62-33-25(51)23(49)18(44)11(4-38)57-33)19(45)14(59-34)7-54-32-24(50)22(48)17(43)10(3-37)56-32/h10-34,37-40,43-53H,3-7H2,1-2H3,(H,35,41)(H,36,42)/t10-,11-,12-,13-,14-,15-,16-,17-,18-,19-,20-,21-,22+,23+,24+,25+,26-,27-,28-,29+,30?,31+,32+,33-,34+/m1/s1. The topological polar surface area (TPSA) is 445 Å². The fourth-order valence-electron chi connectivity index (χ4n) is 7.73. The van der Waals surface area contributed by atoms with Crippen molar-refractivity contribution in [1.29, 1.82) is 0 Å². The monoisotopic (exact) mass is 910 g/mol. The maximum Gasteiger partial charge on any atom is 0.217 e. The smallest absolute Gasteiger partial charge is 0.217 e. The molecule has 5 rings (SSSR count). The van der Waals surface area contributed by atoms with Gasteiger partial charge in [0.15, 0.2) is 31.5 Å². The van der Waals surface area contributed by atoms with Crippen LogP contribution in [0.25, 0.3) is 0 Å². The lowest BCUT2D eigenvalue weighted by Gasteiger charge is -2.50. The molecule has 360 valence electrons. The Hall–Kier alpha value is -2.02. The second-order valence-corrected chi connectivity index (χ2v) is 15.5. The minimum absolute atomic E-state index is 0.693. The lowest BCUT2D eigenvalue weighted by molar-refractivity contribution is -0.384. The van der Waals surface area contributed by atoms with Crippen LogP contribution in [0.4, 0.5) is 0 Å². The molecule has 28 heteroatoms. The summed E-state index contributed by atoms with van der Waals surface area (Å²) in [6, 6.07) is -3.19. The van der Waals surface area contributed by atoms with Crippen molar-refractivity contribution in [2.24, 2.45) is 0 Å². The number of amides is 2. The van der Waals surface area contributed by atoms with Crippen LogP contribution in [0, 0.1) is 0 Å². The zero-order valence-electron chi connectivity index (χ0n) is 33.2. The number of nitrogens with one attached hydrogen (secondary N) is 2. The average molecular weight is 911 g/mol. The van der Waals surface area contributed by atoms with Crippen molar-refractivity contribution in [3.05, 3.63) is 0 Å². The molecule has 17 N–H and O–H groups in total. The minimum atomic E-state index is -2.18. The van der Waals surface area contributed by atoms with Crippen molar-refractivity contribution in [3.63, 3.8) is 0 Å². The largest absolute Gasteiger partial charge is 0.394 e. The highest BCUT2D eigenvalue weighted by Gasteiger charge is 2.56. The molecule has 5 fully saturated rings. The maximum atomic E-state index is 12.4. The van der Waals surface area contributed by atoms with Gasteiger partial charge in [-0.2, -0.15) is 0 Å². The fourth-order valence-corrected chi connectivity index (χ4v) is 7.73. The first-order valence-corrected chi connectivity index (χ1v) is 19.6. The summed E-state index contributed by atoms with van der Waals surface area (Å²) in [6.45, 7) is -2.31. The zero-order valence-corrected chi connectivity index (χ0v) is 33.2. The van der Waals surface area contributed by atoms with Gasteiger partial charge in [0.25, 0.3) is 0 Å². The molecule has 5 heterocycles. The maximum absolute atomic E-state index is 12.4. The molecule has 2 amide bonds. The van der Waals surface area contributed by atoms with Crippen molar-refractivity contribution in [1.82, 2.24) is 10.6 Å². The Kier molecular flexibility index (Phi) is 18.1. The summed E-state index contributed by atoms with van der Waals surface area (Å²) in [5.41, 5.74) is 0. The van der Waals surface area contributed by atoms with Gasteiger partial charge < -0.3 is 130 Å². The van der Waals surface area contributed by atoms with E-state index < -0.39 is 198 Å². The number of carbonyl (C=O) groups excluding carboxylic acids is 2. The Morgan fingerprint density at radius 1 is 0.419 bits per heavy atom. The molecule has 25 atom stereocenters. The highest BCUT2D eigenvalue weighted by atomic mass is 16.8. The molecule has 0 bridgehead atoms. The summed E-state index contributed by atoms with van der Waals surface area (Å²) < 4.78 is 50.8. The zero-order chi connectivity index (χ0) is 45.9. The minimum Gasteiger partial charge on any atom is -0.394 e. The first-order valence-electron chi connectivity index (χ1n) is 19.6. The highest BCUT2D eigenvalue weighted by Crippen LogP contribution is 2.35. The summed E-state index contributed by atoms with van der Waals surface area (Å²) in [5, 5.41) is 163. The Labute approximate surface area is 351 Å². The van der Waals surface area contributed by atoms with Crippen molar-refractivity contribution in [3.8, 4) is 0 Å². The molecule has 0 radical (unpaired) electrons. The first kappa shape index (κ1) is 51.0. The van der Waals surface area contributed by atoms with E-state index in [1.54, 1.807) is 0 Å². The van der Waals surface area contributed by atoms with Crippen LogP contribution < -0.4 is 10.6 Å². The molecule has 0 saturated carbocycles. The van der Waals surface area contributed by atoms with Crippen LogP contribution >= 0.6 is 0 Å². The van der Waals surface area contributed by atoms with E-state index in [4.69, 9.17) is 42.6 Å². The van der Waals surface area contributed by atoms with Crippen LogP contribution in [0.2, 0.25) is 0 Å². The summed E-state index contributed by atoms with van der Waals surface area (Å²) in [5.74, 6) is -1.49. The van der Waals surface area contributed by atoms with Gasteiger partial charge in [0.1, 0.15) is 122 Å². The second kappa shape index (κ2) is 22.0. The molecule has 0 aromatic heterocycles. The molecule has 62 heavy (non-hydrogen) atoms. The first-order chi connectivity index (χ1) is 29.3. The summed E-state index contributed by atoms with van der Waals surface area (Å²) in [7, 11) is 0. The van der Waals surface area contributed by atoms with E-state index in [1.165, 1.54) is 0 Å². The quantitative estimate of drug-likeness (QED) is 0.0725. The van der Waals surface area contributed by atoms with E-state index in [1.807, 2.05) is 0 Å². The van der Waals surface area contributed by atoms with Gasteiger partial charge in [-0.15, -0.1) is 0 Å². The van der Waals surface area contributed by atoms with Crippen molar-refractivity contribution in [2.45, 2.75) is 167 Å².